The van der Waals surface area contributed by atoms with Crippen molar-refractivity contribution >= 4 is 23.4 Å². The zero-order chi connectivity index (χ0) is 18.1. The molecule has 0 unspecified atom stereocenters. The van der Waals surface area contributed by atoms with Crippen molar-refractivity contribution in [3.63, 3.8) is 0 Å². The van der Waals surface area contributed by atoms with E-state index >= 15 is 0 Å². The summed E-state index contributed by atoms with van der Waals surface area (Å²) in [5.74, 6) is 0.187. The molecule has 0 aromatic heterocycles. The summed E-state index contributed by atoms with van der Waals surface area (Å²) >= 11 is 6.23. The molecule has 0 saturated heterocycles. The lowest BCUT2D eigenvalue weighted by Crippen LogP contribution is -2.44. The van der Waals surface area contributed by atoms with Gasteiger partial charge in [-0.15, -0.1) is 0 Å². The van der Waals surface area contributed by atoms with E-state index in [1.807, 2.05) is 20.8 Å². The quantitative estimate of drug-likeness (QED) is 0.713. The maximum absolute atomic E-state index is 12.4. The van der Waals surface area contributed by atoms with Crippen LogP contribution in [-0.4, -0.2) is 37.6 Å². The number of amides is 2. The third-order valence-electron chi connectivity index (χ3n) is 3.11. The molecule has 1 aromatic rings. The Bertz CT molecular complexity index is 578. The maximum Gasteiger partial charge on any atom is 0.252 e. The third-order valence-corrected chi connectivity index (χ3v) is 3.39. The molecular formula is C17H25ClN2O4. The number of carbonyl (C=O) groups excluding carboxylic acids is 2. The van der Waals surface area contributed by atoms with Crippen LogP contribution in [0.1, 0.15) is 44.5 Å². The van der Waals surface area contributed by atoms with Gasteiger partial charge >= 0.3 is 0 Å². The molecule has 0 bridgehead atoms. The summed E-state index contributed by atoms with van der Waals surface area (Å²) in [6.07, 6.45) is 0.828. The van der Waals surface area contributed by atoms with Gasteiger partial charge in [-0.25, -0.2) is 0 Å². The molecule has 7 heteroatoms. The first kappa shape index (κ1) is 20.1. The van der Waals surface area contributed by atoms with Crippen molar-refractivity contribution in [1.29, 1.82) is 0 Å². The van der Waals surface area contributed by atoms with E-state index in [1.165, 1.54) is 6.07 Å². The second-order valence-electron chi connectivity index (χ2n) is 5.16. The van der Waals surface area contributed by atoms with Crippen LogP contribution in [0.4, 0.5) is 0 Å². The molecule has 6 nitrogen and oxygen atoms in total. The number of carbonyl (C=O) groups is 2. The standard InChI is InChI=1S/C17H25ClN2O4/c1-5-8-24-15-13(18)9-12(10-14(15)23-7-3)17(22)20-11(4)16(21)19-6-2/h9-11H,5-8H2,1-4H3,(H,19,21)(H,20,22)/t11-/m1/s1. The van der Waals surface area contributed by atoms with Crippen LogP contribution in [-0.2, 0) is 4.79 Å². The Balaban J connectivity index is 2.98. The second kappa shape index (κ2) is 10.0. The SMILES string of the molecule is CCCOc1c(Cl)cc(C(=O)N[C@H](C)C(=O)NCC)cc1OCC. The van der Waals surface area contributed by atoms with Gasteiger partial charge in [0.05, 0.1) is 18.2 Å². The molecule has 0 saturated carbocycles. The van der Waals surface area contributed by atoms with Crippen molar-refractivity contribution < 1.29 is 19.1 Å². The Morgan fingerprint density at radius 3 is 2.50 bits per heavy atom. The summed E-state index contributed by atoms with van der Waals surface area (Å²) in [6.45, 7) is 8.67. The fraction of sp³-hybridized carbons (Fsp3) is 0.529. The van der Waals surface area contributed by atoms with Crippen LogP contribution in [0, 0.1) is 0 Å². The molecule has 2 N–H and O–H groups in total. The Labute approximate surface area is 147 Å². The van der Waals surface area contributed by atoms with Crippen molar-refractivity contribution in [2.75, 3.05) is 19.8 Å². The van der Waals surface area contributed by atoms with Gasteiger partial charge in [0.25, 0.3) is 5.91 Å². The molecule has 0 aliphatic heterocycles. The second-order valence-corrected chi connectivity index (χ2v) is 5.56. The van der Waals surface area contributed by atoms with Gasteiger partial charge in [-0.3, -0.25) is 9.59 Å². The lowest BCUT2D eigenvalue weighted by atomic mass is 10.1. The van der Waals surface area contributed by atoms with Gasteiger partial charge in [0.1, 0.15) is 6.04 Å². The van der Waals surface area contributed by atoms with E-state index in [1.54, 1.807) is 13.0 Å². The van der Waals surface area contributed by atoms with Gasteiger partial charge in [-0.2, -0.15) is 0 Å². The highest BCUT2D eigenvalue weighted by Gasteiger charge is 2.19. The Hall–Kier alpha value is -1.95. The van der Waals surface area contributed by atoms with Crippen molar-refractivity contribution in [3.05, 3.63) is 22.7 Å². The smallest absolute Gasteiger partial charge is 0.252 e. The van der Waals surface area contributed by atoms with Crippen LogP contribution >= 0.6 is 11.6 Å². The lowest BCUT2D eigenvalue weighted by molar-refractivity contribution is -0.122. The van der Waals surface area contributed by atoms with Crippen LogP contribution in [0.15, 0.2) is 12.1 Å². The first-order chi connectivity index (χ1) is 11.4. The third kappa shape index (κ3) is 5.60. The van der Waals surface area contributed by atoms with Gasteiger partial charge in [0.15, 0.2) is 11.5 Å². The average Bonchev–Trinajstić information content (AvgIpc) is 2.54. The van der Waals surface area contributed by atoms with Crippen molar-refractivity contribution in [1.82, 2.24) is 10.6 Å². The van der Waals surface area contributed by atoms with E-state index in [0.29, 0.717) is 41.8 Å². The Kier molecular flexibility index (Phi) is 8.40. The summed E-state index contributed by atoms with van der Waals surface area (Å²) in [4.78, 5) is 24.1. The van der Waals surface area contributed by atoms with E-state index in [0.717, 1.165) is 6.42 Å². The maximum atomic E-state index is 12.4. The molecule has 1 aromatic carbocycles. The first-order valence-corrected chi connectivity index (χ1v) is 8.50. The molecule has 2 amide bonds. The number of benzene rings is 1. The highest BCUT2D eigenvalue weighted by Crippen LogP contribution is 2.36. The minimum atomic E-state index is -0.650. The van der Waals surface area contributed by atoms with Crippen molar-refractivity contribution in [2.24, 2.45) is 0 Å². The summed E-state index contributed by atoms with van der Waals surface area (Å²) in [5.41, 5.74) is 0.309. The van der Waals surface area contributed by atoms with E-state index in [9.17, 15) is 9.59 Å². The molecule has 1 atom stereocenters. The molecule has 0 fully saturated rings. The summed E-state index contributed by atoms with van der Waals surface area (Å²) in [7, 11) is 0. The number of likely N-dealkylation sites (N-methyl/N-ethyl adjacent to an activating group) is 1. The predicted molar refractivity (Wildman–Crippen MR) is 94.0 cm³/mol. The van der Waals surface area contributed by atoms with Gasteiger partial charge < -0.3 is 20.1 Å². The Morgan fingerprint density at radius 1 is 1.21 bits per heavy atom. The molecule has 0 spiro atoms. The van der Waals surface area contributed by atoms with Crippen molar-refractivity contribution in [3.8, 4) is 11.5 Å². The Morgan fingerprint density at radius 2 is 1.92 bits per heavy atom. The molecule has 0 heterocycles. The largest absolute Gasteiger partial charge is 0.490 e. The van der Waals surface area contributed by atoms with Gasteiger partial charge in [-0.1, -0.05) is 18.5 Å². The number of rotatable bonds is 9. The van der Waals surface area contributed by atoms with E-state index in [-0.39, 0.29) is 5.91 Å². The minimum Gasteiger partial charge on any atom is -0.490 e. The predicted octanol–water partition coefficient (Wildman–Crippen LogP) is 2.78. The van der Waals surface area contributed by atoms with Crippen molar-refractivity contribution in [2.45, 2.75) is 40.2 Å². The molecule has 0 aliphatic rings. The molecule has 0 aliphatic carbocycles. The molecule has 0 radical (unpaired) electrons. The minimum absolute atomic E-state index is 0.245. The van der Waals surface area contributed by atoms with Crippen LogP contribution in [0.25, 0.3) is 0 Å². The van der Waals surface area contributed by atoms with Crippen LogP contribution < -0.4 is 20.1 Å². The summed E-state index contributed by atoms with van der Waals surface area (Å²) in [5, 5.41) is 5.58. The topological polar surface area (TPSA) is 76.7 Å². The zero-order valence-corrected chi connectivity index (χ0v) is 15.3. The fourth-order valence-electron chi connectivity index (χ4n) is 1.98. The number of hydrogen-bond acceptors (Lipinski definition) is 4. The van der Waals surface area contributed by atoms with Crippen LogP contribution in [0.2, 0.25) is 5.02 Å². The van der Waals surface area contributed by atoms with E-state index in [4.69, 9.17) is 21.1 Å². The van der Waals surface area contributed by atoms with E-state index < -0.39 is 11.9 Å². The van der Waals surface area contributed by atoms with Gasteiger partial charge in [0, 0.05) is 12.1 Å². The molecule has 24 heavy (non-hydrogen) atoms. The number of halogens is 1. The number of nitrogens with one attached hydrogen (secondary N) is 2. The molecular weight excluding hydrogens is 332 g/mol. The summed E-state index contributed by atoms with van der Waals surface area (Å²) < 4.78 is 11.1. The monoisotopic (exact) mass is 356 g/mol. The first-order valence-electron chi connectivity index (χ1n) is 8.12. The number of ether oxygens (including phenoxy) is 2. The average molecular weight is 357 g/mol. The zero-order valence-electron chi connectivity index (χ0n) is 14.6. The number of hydrogen-bond donors (Lipinski definition) is 2. The van der Waals surface area contributed by atoms with Gasteiger partial charge in [0.2, 0.25) is 5.91 Å². The van der Waals surface area contributed by atoms with E-state index in [2.05, 4.69) is 10.6 Å². The normalized spacial score (nSPS) is 11.5. The van der Waals surface area contributed by atoms with Gasteiger partial charge in [-0.05, 0) is 39.3 Å². The fourth-order valence-corrected chi connectivity index (χ4v) is 2.24. The van der Waals surface area contributed by atoms with Crippen LogP contribution in [0.3, 0.4) is 0 Å². The molecule has 134 valence electrons. The lowest BCUT2D eigenvalue weighted by Gasteiger charge is -2.16. The highest BCUT2D eigenvalue weighted by atomic mass is 35.5. The van der Waals surface area contributed by atoms with Crippen LogP contribution in [0.5, 0.6) is 11.5 Å². The molecule has 1 rings (SSSR count). The highest BCUT2D eigenvalue weighted by molar-refractivity contribution is 6.32. The summed E-state index contributed by atoms with van der Waals surface area (Å²) in [6, 6.07) is 2.43.